The fraction of sp³-hybridized carbons (Fsp3) is 0.440. The van der Waals surface area contributed by atoms with Crippen molar-refractivity contribution >= 4 is 0 Å². The highest BCUT2D eigenvalue weighted by Crippen LogP contribution is 2.38. The van der Waals surface area contributed by atoms with Crippen LogP contribution in [-0.4, -0.2) is 0 Å². The molecule has 0 unspecified atom stereocenters. The van der Waals surface area contributed by atoms with E-state index in [0.29, 0.717) is 29.4 Å². The maximum absolute atomic E-state index is 13.5. The molecule has 162 valence electrons. The van der Waals surface area contributed by atoms with Gasteiger partial charge in [0.15, 0.2) is 17.5 Å². The molecule has 0 aromatic heterocycles. The Bertz CT molecular complexity index is 821. The number of halogens is 5. The van der Waals surface area contributed by atoms with Gasteiger partial charge in [0.1, 0.15) is 0 Å². The Labute approximate surface area is 174 Å². The van der Waals surface area contributed by atoms with Gasteiger partial charge in [-0.15, -0.1) is 0 Å². The molecular weight excluding hydrogens is 395 g/mol. The summed E-state index contributed by atoms with van der Waals surface area (Å²) in [6.45, 7) is 0. The van der Waals surface area contributed by atoms with Gasteiger partial charge in [0, 0.05) is 0 Å². The van der Waals surface area contributed by atoms with Crippen LogP contribution in [-0.2, 0) is 0 Å². The van der Waals surface area contributed by atoms with Gasteiger partial charge in [-0.05, 0) is 85.3 Å². The molecule has 1 fully saturated rings. The number of hydrogen-bond donors (Lipinski definition) is 0. The summed E-state index contributed by atoms with van der Waals surface area (Å²) in [5, 5.41) is 0. The third-order valence-corrected chi connectivity index (χ3v) is 6.16. The topological polar surface area (TPSA) is 0 Å². The zero-order valence-electron chi connectivity index (χ0n) is 16.9. The molecule has 0 bridgehead atoms. The van der Waals surface area contributed by atoms with E-state index in [2.05, 4.69) is 0 Å². The minimum absolute atomic E-state index is 0.325. The lowest BCUT2D eigenvalue weighted by molar-refractivity contribution is 0.302. The van der Waals surface area contributed by atoms with Crippen LogP contribution < -0.4 is 0 Å². The highest BCUT2D eigenvalue weighted by molar-refractivity contribution is 5.64. The molecule has 0 saturated heterocycles. The molecule has 0 heterocycles. The summed E-state index contributed by atoms with van der Waals surface area (Å²) in [6.07, 6.45) is 8.50. The van der Waals surface area contributed by atoms with Crippen LogP contribution in [0.15, 0.2) is 48.6 Å². The molecular formula is C25H27F5. The largest absolute Gasteiger partial charge is 0.266 e. The molecule has 1 saturated carbocycles. The molecule has 2 aromatic rings. The van der Waals surface area contributed by atoms with Crippen molar-refractivity contribution in [2.24, 2.45) is 5.92 Å². The second-order valence-corrected chi connectivity index (χ2v) is 8.23. The minimum atomic E-state index is -1.58. The van der Waals surface area contributed by atoms with E-state index in [0.717, 1.165) is 56.7 Å². The predicted molar refractivity (Wildman–Crippen MR) is 110 cm³/mol. The Morgan fingerprint density at radius 1 is 0.800 bits per heavy atom. The number of unbranched alkanes of at least 4 members (excludes halogenated alkanes) is 3. The van der Waals surface area contributed by atoms with Crippen molar-refractivity contribution in [1.29, 1.82) is 0 Å². The summed E-state index contributed by atoms with van der Waals surface area (Å²) in [4.78, 5) is 0. The van der Waals surface area contributed by atoms with Crippen LogP contribution in [0.2, 0.25) is 0 Å². The monoisotopic (exact) mass is 422 g/mol. The second-order valence-electron chi connectivity index (χ2n) is 8.23. The van der Waals surface area contributed by atoms with Crippen LogP contribution in [0.5, 0.6) is 0 Å². The Hall–Kier alpha value is -2.17. The van der Waals surface area contributed by atoms with Crippen LogP contribution in [0.25, 0.3) is 11.1 Å². The fourth-order valence-electron chi connectivity index (χ4n) is 4.42. The molecule has 0 spiro atoms. The summed E-state index contributed by atoms with van der Waals surface area (Å²) in [7, 11) is 0. The molecule has 0 radical (unpaired) electrons. The average molecular weight is 422 g/mol. The van der Waals surface area contributed by atoms with Gasteiger partial charge in [-0.3, -0.25) is 0 Å². The van der Waals surface area contributed by atoms with Gasteiger partial charge >= 0.3 is 0 Å². The van der Waals surface area contributed by atoms with Gasteiger partial charge in [-0.1, -0.05) is 43.5 Å². The normalized spacial score (nSPS) is 19.0. The van der Waals surface area contributed by atoms with E-state index in [1.165, 1.54) is 18.4 Å². The Morgan fingerprint density at radius 3 is 2.03 bits per heavy atom. The van der Waals surface area contributed by atoms with Crippen molar-refractivity contribution in [3.05, 3.63) is 71.6 Å². The zero-order chi connectivity index (χ0) is 21.5. The molecule has 30 heavy (non-hydrogen) atoms. The number of rotatable bonds is 8. The Kier molecular flexibility index (Phi) is 8.06. The Balaban J connectivity index is 1.46. The third-order valence-electron chi connectivity index (χ3n) is 6.16. The molecule has 0 N–H and O–H groups in total. The molecule has 5 heteroatoms. The summed E-state index contributed by atoms with van der Waals surface area (Å²) in [6, 6.07) is 9.70. The average Bonchev–Trinajstić information content (AvgIpc) is 2.74. The number of benzene rings is 2. The Morgan fingerprint density at radius 2 is 1.43 bits per heavy atom. The van der Waals surface area contributed by atoms with E-state index < -0.39 is 23.5 Å². The van der Waals surface area contributed by atoms with Crippen LogP contribution in [0.4, 0.5) is 22.0 Å². The fourth-order valence-corrected chi connectivity index (χ4v) is 4.42. The van der Waals surface area contributed by atoms with Crippen molar-refractivity contribution in [3.63, 3.8) is 0 Å². The summed E-state index contributed by atoms with van der Waals surface area (Å²) in [5.41, 5.74) is 2.21. The highest BCUT2D eigenvalue weighted by atomic mass is 19.3. The number of allylic oxidation sites excluding steroid dienone is 1. The van der Waals surface area contributed by atoms with Crippen LogP contribution in [0, 0.1) is 23.4 Å². The van der Waals surface area contributed by atoms with Gasteiger partial charge in [0.05, 0.1) is 0 Å². The lowest BCUT2D eigenvalue weighted by atomic mass is 9.77. The van der Waals surface area contributed by atoms with E-state index >= 15 is 0 Å². The van der Waals surface area contributed by atoms with Crippen molar-refractivity contribution in [1.82, 2.24) is 0 Å². The zero-order valence-corrected chi connectivity index (χ0v) is 16.9. The van der Waals surface area contributed by atoms with Crippen molar-refractivity contribution in [3.8, 4) is 11.1 Å². The van der Waals surface area contributed by atoms with Gasteiger partial charge in [-0.2, -0.15) is 8.78 Å². The summed E-state index contributed by atoms with van der Waals surface area (Å²) >= 11 is 0. The van der Waals surface area contributed by atoms with E-state index in [9.17, 15) is 22.0 Å². The van der Waals surface area contributed by atoms with E-state index in [1.807, 2.05) is 24.3 Å². The summed E-state index contributed by atoms with van der Waals surface area (Å²) < 4.78 is 64.0. The van der Waals surface area contributed by atoms with Crippen molar-refractivity contribution < 1.29 is 22.0 Å². The highest BCUT2D eigenvalue weighted by Gasteiger charge is 2.22. The first-order valence-electron chi connectivity index (χ1n) is 10.7. The van der Waals surface area contributed by atoms with E-state index in [-0.39, 0.29) is 0 Å². The SMILES string of the molecule is FC(F)=CCCCCCC1CCC(c2ccc(-c3cc(F)c(F)c(F)c3)cc2)CC1. The molecule has 1 aliphatic rings. The van der Waals surface area contributed by atoms with Crippen LogP contribution in [0.3, 0.4) is 0 Å². The molecule has 0 nitrogen and oxygen atoms in total. The minimum Gasteiger partial charge on any atom is -0.204 e. The molecule has 1 aliphatic carbocycles. The predicted octanol–water partition coefficient (Wildman–Crippen LogP) is 8.78. The molecule has 0 amide bonds. The van der Waals surface area contributed by atoms with E-state index in [4.69, 9.17) is 0 Å². The maximum atomic E-state index is 13.5. The molecule has 0 aliphatic heterocycles. The number of hydrogen-bond acceptors (Lipinski definition) is 0. The smallest absolute Gasteiger partial charge is 0.204 e. The first kappa shape index (κ1) is 22.5. The third kappa shape index (κ3) is 6.16. The first-order valence-corrected chi connectivity index (χ1v) is 10.7. The van der Waals surface area contributed by atoms with Gasteiger partial charge in [0.2, 0.25) is 0 Å². The molecule has 0 atom stereocenters. The molecule has 3 rings (SSSR count). The van der Waals surface area contributed by atoms with Gasteiger partial charge in [0.25, 0.3) is 6.08 Å². The quantitative estimate of drug-likeness (QED) is 0.227. The second kappa shape index (κ2) is 10.7. The maximum Gasteiger partial charge on any atom is 0.266 e. The molecule has 2 aromatic carbocycles. The lowest BCUT2D eigenvalue weighted by Crippen LogP contribution is -2.13. The lowest BCUT2D eigenvalue weighted by Gasteiger charge is -2.29. The van der Waals surface area contributed by atoms with Crippen molar-refractivity contribution in [2.75, 3.05) is 0 Å². The first-order chi connectivity index (χ1) is 14.4. The van der Waals surface area contributed by atoms with Crippen LogP contribution >= 0.6 is 0 Å². The van der Waals surface area contributed by atoms with Crippen LogP contribution in [0.1, 0.15) is 69.3 Å². The van der Waals surface area contributed by atoms with E-state index in [1.54, 1.807) is 0 Å². The van der Waals surface area contributed by atoms with Crippen molar-refractivity contribution in [2.45, 2.75) is 63.7 Å². The standard InChI is InChI=1S/C25H27F5/c26-22-15-21(16-23(27)25(22)30)20-13-11-19(12-14-20)18-9-7-17(8-10-18)5-3-1-2-4-6-24(28)29/h6,11-18H,1-5,7-10H2. The van der Waals surface area contributed by atoms with Gasteiger partial charge in [-0.25, -0.2) is 13.2 Å². The summed E-state index contributed by atoms with van der Waals surface area (Å²) in [5.74, 6) is -2.62. The van der Waals surface area contributed by atoms with Gasteiger partial charge < -0.3 is 0 Å².